The van der Waals surface area contributed by atoms with E-state index in [1.807, 2.05) is 0 Å². The average molecular weight is 1760 g/mol. The molecule has 0 fully saturated rings. The maximum atomic E-state index is 13.7. The van der Waals surface area contributed by atoms with Crippen molar-refractivity contribution in [2.45, 2.75) is 126 Å². The van der Waals surface area contributed by atoms with Gasteiger partial charge in [-0.2, -0.15) is 50.5 Å². The molecule has 8 rings (SSSR count). The van der Waals surface area contributed by atoms with E-state index in [-0.39, 0.29) is 50.9 Å². The Bertz CT molecular complexity index is 5710. The van der Waals surface area contributed by atoms with Crippen LogP contribution in [0.5, 0.6) is 0 Å². The van der Waals surface area contributed by atoms with Crippen molar-refractivity contribution in [3.63, 3.8) is 0 Å². The summed E-state index contributed by atoms with van der Waals surface area (Å²) in [5, 5.41) is 19.8. The topological polar surface area (TPSA) is 675 Å². The molecule has 3 unspecified atom stereocenters. The van der Waals surface area contributed by atoms with E-state index in [2.05, 4.69) is 47.9 Å². The summed E-state index contributed by atoms with van der Waals surface area (Å²) in [5.41, 5.74) is 16.2. The van der Waals surface area contributed by atoms with Crippen LogP contribution in [0.25, 0.3) is 21.5 Å². The molecule has 0 aliphatic carbocycles. The first kappa shape index (κ1) is 93.8. The average Bonchev–Trinajstić information content (AvgIpc) is 0.746. The molecule has 0 aromatic heterocycles. The van der Waals surface area contributed by atoms with E-state index in [1.54, 1.807) is 13.8 Å². The Kier molecular flexibility index (Phi) is 31.6. The minimum absolute atomic E-state index is 0.0223. The molecule has 0 spiro atoms. The maximum Gasteiger partial charge on any atom is 0.328 e. The van der Waals surface area contributed by atoms with Crippen LogP contribution in [0.4, 0.5) is 38.9 Å². The van der Waals surface area contributed by atoms with Crippen molar-refractivity contribution in [3.8, 4) is 0 Å². The van der Waals surface area contributed by atoms with Gasteiger partial charge in [-0.25, -0.2) is 9.59 Å². The lowest BCUT2D eigenvalue weighted by Gasteiger charge is -2.25. The minimum atomic E-state index is -5.45. The van der Waals surface area contributed by atoms with Crippen LogP contribution in [0.15, 0.2) is 163 Å². The number of nitrogens with two attached hydrogens (primary N) is 3. The second kappa shape index (κ2) is 39.7. The van der Waals surface area contributed by atoms with Crippen LogP contribution >= 0.6 is 0 Å². The first-order chi connectivity index (χ1) is 55.1. The summed E-state index contributed by atoms with van der Waals surface area (Å²) in [6, 6.07) is 20.1. The fourth-order valence-corrected chi connectivity index (χ4v) is 15.8. The summed E-state index contributed by atoms with van der Waals surface area (Å²) in [5.74, 6) is -5.40. The lowest BCUT2D eigenvalue weighted by molar-refractivity contribution is -0.145. The van der Waals surface area contributed by atoms with E-state index in [0.29, 0.717) is 125 Å². The van der Waals surface area contributed by atoms with Crippen LogP contribution in [0.1, 0.15) is 117 Å². The Balaban J connectivity index is 0.000000506. The number of rotatable bonds is 34. The van der Waals surface area contributed by atoms with Gasteiger partial charge in [-0.15, -0.1) is 0 Å². The molecule has 118 heavy (non-hydrogen) atoms. The Hall–Kier alpha value is -11.4. The molecular formula is C72H82N12O28S6. The number of esters is 1. The van der Waals surface area contributed by atoms with Crippen LogP contribution in [-0.2, 0) is 84.6 Å². The van der Waals surface area contributed by atoms with Gasteiger partial charge in [0.25, 0.3) is 84.3 Å². The Morgan fingerprint density at radius 2 is 0.695 bits per heavy atom. The molecule has 634 valence electrons. The van der Waals surface area contributed by atoms with Crippen LogP contribution in [-0.4, -0.2) is 176 Å². The number of benzene rings is 8. The third-order valence-electron chi connectivity index (χ3n) is 17.5. The molecule has 0 bridgehead atoms. The molecule has 8 aromatic rings. The summed E-state index contributed by atoms with van der Waals surface area (Å²) in [6.45, 7) is 5.87. The van der Waals surface area contributed by atoms with E-state index >= 15 is 0 Å². The number of fused-ring (bicyclic) bond motifs is 2. The van der Waals surface area contributed by atoms with Gasteiger partial charge >= 0.3 is 12.0 Å². The SMILES string of the molecule is COC(=O)C(CCCCN)NC(=O)C(CCCCN)NC(=O)C(CCCCN)NC(C)=O.Cc1ccc(C(=O)Nc2ccc(S(=O)(=O)O)c3cc(S(=O)(=O)O)cc(S(=O)(=O)O)c23)cc1NC(=O)c1cccc(NC(=O)Nc2cccc(C(=O)Nc3cc(C(=O)Nc4ccc(S(=O)(=O)O)c5cc(S(=O)(=O)O)cc(S(=O)(=O)O)c45)ccc3C)c2)c1. The number of ether oxygens (including phenoxy) is 1. The first-order valence-electron chi connectivity index (χ1n) is 35.0. The number of nitrogens with one attached hydrogen (secondary N) is 9. The van der Waals surface area contributed by atoms with Crippen molar-refractivity contribution in [1.29, 1.82) is 0 Å². The van der Waals surface area contributed by atoms with Crippen molar-refractivity contribution in [1.82, 2.24) is 16.0 Å². The highest BCUT2D eigenvalue weighted by Gasteiger charge is 2.33. The Morgan fingerprint density at radius 3 is 1.03 bits per heavy atom. The van der Waals surface area contributed by atoms with Gasteiger partial charge < -0.3 is 69.8 Å². The molecule has 0 saturated heterocycles. The Labute approximate surface area is 676 Å². The largest absolute Gasteiger partial charge is 0.467 e. The van der Waals surface area contributed by atoms with E-state index in [9.17, 15) is 121 Å². The predicted molar refractivity (Wildman–Crippen MR) is 429 cm³/mol. The zero-order chi connectivity index (χ0) is 87.7. The van der Waals surface area contributed by atoms with Crippen LogP contribution < -0.4 is 65.1 Å². The maximum absolute atomic E-state index is 13.7. The molecule has 9 amide bonds. The van der Waals surface area contributed by atoms with Gasteiger partial charge in [-0.05, 0) is 212 Å². The molecule has 0 heterocycles. The van der Waals surface area contributed by atoms with Gasteiger partial charge in [-0.1, -0.05) is 24.3 Å². The number of aryl methyl sites for hydroxylation is 2. The Morgan fingerprint density at radius 1 is 0.364 bits per heavy atom. The zero-order valence-corrected chi connectivity index (χ0v) is 67.7. The number of amides is 9. The molecule has 0 radical (unpaired) electrons. The van der Waals surface area contributed by atoms with E-state index in [1.165, 1.54) is 99.0 Å². The van der Waals surface area contributed by atoms with E-state index in [0.717, 1.165) is 12.1 Å². The standard InChI is InChI=1S/C51H40N6O23S6.C21H42N6O5/c1-25-9-11-29(49(60)54-37-13-15-41(83(69,70)71)35-21-33(81(63,64)65)23-43(45(35)37)85(75,76)77)19-39(25)56-47(58)27-5-3-7-31(17-27)52-51(62)53-32-8-4-6-28(18-32)48(59)57-40-20-30(12-10-26(40)2)50(61)55-38-14-16-42(84(72,73)74)36-22-34(82(66,67)68)24-44(46(36)38)86(78,79)80;1-15(28)25-16(9-3-6-12-22)19(29)26-17(10-4-7-13-23)20(30)27-18(21(31)32-2)11-5-8-14-24/h3-24H,1-2H3,(H,54,60)(H,55,61)(H,56,58)(H,57,59)(H2,52,53,62)(H,63,64,65)(H,66,67,68)(H,69,70,71)(H,72,73,74)(H,75,76,77)(H,78,79,80);16-18H,3-14,22-24H2,1-2H3,(H,25,28)(H,26,29)(H,27,30). The lowest BCUT2D eigenvalue weighted by Crippen LogP contribution is -2.55. The van der Waals surface area contributed by atoms with E-state index in [4.69, 9.17) is 21.9 Å². The molecule has 0 aliphatic heterocycles. The molecule has 3 atom stereocenters. The van der Waals surface area contributed by atoms with Crippen LogP contribution in [0.2, 0.25) is 0 Å². The normalized spacial score (nSPS) is 12.6. The van der Waals surface area contributed by atoms with Crippen molar-refractivity contribution in [2.75, 3.05) is 58.6 Å². The highest BCUT2D eigenvalue weighted by molar-refractivity contribution is 7.88. The summed E-state index contributed by atoms with van der Waals surface area (Å²) in [6.07, 6.45) is 5.16. The van der Waals surface area contributed by atoms with Crippen molar-refractivity contribution in [3.05, 3.63) is 167 Å². The molecule has 0 aliphatic rings. The highest BCUT2D eigenvalue weighted by atomic mass is 32.2. The van der Waals surface area contributed by atoms with Gasteiger partial charge in [0.15, 0.2) is 0 Å². The minimum Gasteiger partial charge on any atom is -0.467 e. The smallest absolute Gasteiger partial charge is 0.328 e. The monoisotopic (exact) mass is 1750 g/mol. The second-order valence-corrected chi connectivity index (χ2v) is 34.5. The fourth-order valence-electron chi connectivity index (χ4n) is 11.7. The van der Waals surface area contributed by atoms with Gasteiger partial charge in [0.2, 0.25) is 17.7 Å². The van der Waals surface area contributed by atoms with Crippen LogP contribution in [0.3, 0.4) is 0 Å². The number of hydrogen-bond donors (Lipinski definition) is 18. The van der Waals surface area contributed by atoms with E-state index < -0.39 is 189 Å². The number of hydrogen-bond acceptors (Lipinski definition) is 25. The number of urea groups is 1. The summed E-state index contributed by atoms with van der Waals surface area (Å²) in [4.78, 5) is 110. The first-order valence-corrected chi connectivity index (χ1v) is 43.6. The molecule has 8 aromatic carbocycles. The summed E-state index contributed by atoms with van der Waals surface area (Å²) >= 11 is 0. The number of carbonyl (C=O) groups is 9. The predicted octanol–water partition coefficient (Wildman–Crippen LogP) is 5.76. The zero-order valence-electron chi connectivity index (χ0n) is 62.8. The molecular weight excluding hydrogens is 1670 g/mol. The van der Waals surface area contributed by atoms with Crippen LogP contribution in [0, 0.1) is 13.8 Å². The molecule has 21 N–H and O–H groups in total. The molecule has 0 saturated carbocycles. The quantitative estimate of drug-likeness (QED) is 0.0129. The third kappa shape index (κ3) is 25.6. The highest BCUT2D eigenvalue weighted by Crippen LogP contribution is 2.40. The van der Waals surface area contributed by atoms with Crippen molar-refractivity contribution in [2.24, 2.45) is 17.2 Å². The fraction of sp³-hybridized carbons (Fsp3) is 0.264. The molecule has 46 heteroatoms. The summed E-state index contributed by atoms with van der Waals surface area (Å²) in [7, 11) is -30.6. The van der Waals surface area contributed by atoms with Crippen molar-refractivity contribution < 1.29 is 126 Å². The van der Waals surface area contributed by atoms with Gasteiger partial charge in [0, 0.05) is 73.5 Å². The number of unbranched alkanes of at least 4 members (excludes halogenated alkanes) is 3. The van der Waals surface area contributed by atoms with Crippen molar-refractivity contribution >= 4 is 170 Å². The number of carbonyl (C=O) groups excluding carboxylic acids is 9. The molecule has 40 nitrogen and oxygen atoms in total. The number of anilines is 6. The lowest BCUT2D eigenvalue weighted by atomic mass is 10.0. The summed E-state index contributed by atoms with van der Waals surface area (Å²) < 4.78 is 211. The van der Waals surface area contributed by atoms with Gasteiger partial charge in [-0.3, -0.25) is 60.9 Å². The second-order valence-electron chi connectivity index (χ2n) is 26.1. The van der Waals surface area contributed by atoms with Gasteiger partial charge in [0.1, 0.15) is 37.7 Å². The van der Waals surface area contributed by atoms with Gasteiger partial charge in [0.05, 0.1) is 28.3 Å². The number of methoxy groups -OCH3 is 1. The third-order valence-corrected chi connectivity index (χ3v) is 22.7.